The van der Waals surface area contributed by atoms with Crippen LogP contribution in [0.2, 0.25) is 0 Å². The number of ether oxygens (including phenoxy) is 1. The van der Waals surface area contributed by atoms with Crippen LogP contribution in [0.1, 0.15) is 57.3 Å². The maximum atomic E-state index is 8.95. The molecule has 1 aromatic rings. The molecule has 1 aliphatic carbocycles. The maximum Gasteiger partial charge on any atom is 0.199 e. The lowest BCUT2D eigenvalue weighted by Gasteiger charge is -2.23. The van der Waals surface area contributed by atoms with E-state index in [2.05, 4.69) is 29.4 Å². The van der Waals surface area contributed by atoms with Gasteiger partial charge in [-0.1, -0.05) is 13.8 Å². The van der Waals surface area contributed by atoms with Crippen LogP contribution in [0.4, 0.5) is 0 Å². The third kappa shape index (κ3) is 4.05. The minimum atomic E-state index is 0.365. The van der Waals surface area contributed by atoms with E-state index in [0.717, 1.165) is 43.3 Å². The smallest absolute Gasteiger partial charge is 0.199 e. The first-order valence-corrected chi connectivity index (χ1v) is 9.37. The van der Waals surface area contributed by atoms with Crippen LogP contribution in [0.5, 0.6) is 0 Å². The number of nitriles is 1. The SMILES string of the molecule is CC(C)c1nn(CN(CCC#N)C[C@@H]2CCOC2)c(=S)n1C1CC1. The summed E-state index contributed by atoms with van der Waals surface area (Å²) in [6.45, 7) is 8.37. The van der Waals surface area contributed by atoms with Gasteiger partial charge < -0.3 is 9.30 Å². The molecule has 1 atom stereocenters. The van der Waals surface area contributed by atoms with Crippen LogP contribution >= 0.6 is 12.2 Å². The van der Waals surface area contributed by atoms with Crippen molar-refractivity contribution in [1.29, 1.82) is 5.26 Å². The summed E-state index contributed by atoms with van der Waals surface area (Å²) in [5.74, 6) is 2.00. The molecule has 24 heavy (non-hydrogen) atoms. The molecule has 1 saturated carbocycles. The predicted molar refractivity (Wildman–Crippen MR) is 94.1 cm³/mol. The largest absolute Gasteiger partial charge is 0.381 e. The van der Waals surface area contributed by atoms with Crippen molar-refractivity contribution in [3.05, 3.63) is 10.6 Å². The molecule has 0 amide bonds. The minimum Gasteiger partial charge on any atom is -0.381 e. The van der Waals surface area contributed by atoms with E-state index >= 15 is 0 Å². The molecule has 0 bridgehead atoms. The predicted octanol–water partition coefficient (Wildman–Crippen LogP) is 3.08. The van der Waals surface area contributed by atoms with Crippen LogP contribution < -0.4 is 0 Å². The summed E-state index contributed by atoms with van der Waals surface area (Å²) in [6, 6.07) is 2.79. The summed E-state index contributed by atoms with van der Waals surface area (Å²) >= 11 is 5.71. The molecular weight excluding hydrogens is 322 g/mol. The van der Waals surface area contributed by atoms with Gasteiger partial charge in [-0.05, 0) is 37.4 Å². The van der Waals surface area contributed by atoms with Crippen LogP contribution in [0.15, 0.2) is 0 Å². The van der Waals surface area contributed by atoms with Gasteiger partial charge in [0.05, 0.1) is 19.3 Å². The van der Waals surface area contributed by atoms with Crippen LogP contribution in [0.3, 0.4) is 0 Å². The molecule has 0 N–H and O–H groups in total. The molecule has 1 aromatic heterocycles. The summed E-state index contributed by atoms with van der Waals surface area (Å²) in [5.41, 5.74) is 0. The van der Waals surface area contributed by atoms with Crippen LogP contribution in [0, 0.1) is 22.0 Å². The van der Waals surface area contributed by atoms with Crippen LogP contribution in [0.25, 0.3) is 0 Å². The third-order valence-electron chi connectivity index (χ3n) is 4.74. The molecule has 0 radical (unpaired) electrons. The van der Waals surface area contributed by atoms with Crippen molar-refractivity contribution in [2.45, 2.75) is 58.2 Å². The summed E-state index contributed by atoms with van der Waals surface area (Å²) < 4.78 is 10.5. The molecule has 3 rings (SSSR count). The van der Waals surface area contributed by atoms with E-state index in [1.165, 1.54) is 12.8 Å². The van der Waals surface area contributed by atoms with Gasteiger partial charge in [-0.15, -0.1) is 0 Å². The monoisotopic (exact) mass is 349 g/mol. The summed E-state index contributed by atoms with van der Waals surface area (Å²) in [6.07, 6.45) is 4.04. The molecule has 2 heterocycles. The highest BCUT2D eigenvalue weighted by molar-refractivity contribution is 7.71. The Morgan fingerprint density at radius 3 is 2.79 bits per heavy atom. The highest BCUT2D eigenvalue weighted by Crippen LogP contribution is 2.37. The Bertz CT molecular complexity index is 649. The highest BCUT2D eigenvalue weighted by Gasteiger charge is 2.29. The molecule has 1 aliphatic heterocycles. The number of hydrogen-bond acceptors (Lipinski definition) is 5. The van der Waals surface area contributed by atoms with Gasteiger partial charge in [0, 0.05) is 38.1 Å². The van der Waals surface area contributed by atoms with Crippen molar-refractivity contribution < 1.29 is 4.74 Å². The van der Waals surface area contributed by atoms with Gasteiger partial charge in [0.25, 0.3) is 0 Å². The zero-order valence-corrected chi connectivity index (χ0v) is 15.5. The van der Waals surface area contributed by atoms with Gasteiger partial charge in [0.15, 0.2) is 4.77 Å². The Kier molecular flexibility index (Phi) is 5.69. The van der Waals surface area contributed by atoms with E-state index in [1.807, 2.05) is 4.68 Å². The van der Waals surface area contributed by atoms with Crippen molar-refractivity contribution in [1.82, 2.24) is 19.2 Å². The van der Waals surface area contributed by atoms with E-state index in [0.29, 0.717) is 31.0 Å². The van der Waals surface area contributed by atoms with Gasteiger partial charge >= 0.3 is 0 Å². The number of aromatic nitrogens is 3. The van der Waals surface area contributed by atoms with Crippen molar-refractivity contribution in [3.8, 4) is 6.07 Å². The molecule has 6 nitrogen and oxygen atoms in total. The summed E-state index contributed by atoms with van der Waals surface area (Å²) in [5, 5.41) is 13.8. The third-order valence-corrected chi connectivity index (χ3v) is 5.15. The first kappa shape index (κ1) is 17.6. The normalized spacial score (nSPS) is 20.9. The zero-order chi connectivity index (χ0) is 17.1. The Balaban J connectivity index is 1.76. The standard InChI is InChI=1S/C17H27N5OS/c1-13(2)16-19-21(17(24)22(16)15-4-5-15)12-20(8-3-7-18)10-14-6-9-23-11-14/h13-15H,3-6,8-12H2,1-2H3/t14-/m0/s1. The van der Waals surface area contributed by atoms with Crippen molar-refractivity contribution in [2.75, 3.05) is 26.3 Å². The topological polar surface area (TPSA) is 59.0 Å². The quantitative estimate of drug-likeness (QED) is 0.675. The molecule has 0 spiro atoms. The first-order valence-electron chi connectivity index (χ1n) is 8.96. The lowest BCUT2D eigenvalue weighted by Crippen LogP contribution is -2.33. The Labute approximate surface area is 149 Å². The fourth-order valence-corrected chi connectivity index (χ4v) is 3.65. The molecular formula is C17H27N5OS. The number of rotatable bonds is 8. The second-order valence-electron chi connectivity index (χ2n) is 7.25. The van der Waals surface area contributed by atoms with Gasteiger partial charge in [-0.2, -0.15) is 10.4 Å². The van der Waals surface area contributed by atoms with Crippen molar-refractivity contribution in [3.63, 3.8) is 0 Å². The Morgan fingerprint density at radius 2 is 2.21 bits per heavy atom. The lowest BCUT2D eigenvalue weighted by molar-refractivity contribution is 0.148. The second-order valence-corrected chi connectivity index (χ2v) is 7.62. The fraction of sp³-hybridized carbons (Fsp3) is 0.824. The average Bonchev–Trinajstić information content (AvgIpc) is 3.15. The lowest BCUT2D eigenvalue weighted by atomic mass is 10.1. The van der Waals surface area contributed by atoms with E-state index in [9.17, 15) is 0 Å². The van der Waals surface area contributed by atoms with Gasteiger partial charge in [0.1, 0.15) is 5.82 Å². The van der Waals surface area contributed by atoms with Crippen molar-refractivity contribution in [2.24, 2.45) is 5.92 Å². The zero-order valence-electron chi connectivity index (χ0n) is 14.6. The molecule has 0 aromatic carbocycles. The fourth-order valence-electron chi connectivity index (χ4n) is 3.31. The van der Waals surface area contributed by atoms with E-state index in [-0.39, 0.29) is 0 Å². The molecule has 132 valence electrons. The highest BCUT2D eigenvalue weighted by atomic mass is 32.1. The van der Waals surface area contributed by atoms with Crippen LogP contribution in [-0.4, -0.2) is 45.6 Å². The molecule has 0 unspecified atom stereocenters. The van der Waals surface area contributed by atoms with Crippen LogP contribution in [-0.2, 0) is 11.4 Å². The second kappa shape index (κ2) is 7.77. The first-order chi connectivity index (χ1) is 11.6. The molecule has 2 aliphatic rings. The van der Waals surface area contributed by atoms with Gasteiger partial charge in [-0.25, -0.2) is 4.68 Å². The van der Waals surface area contributed by atoms with E-state index in [4.69, 9.17) is 27.3 Å². The number of hydrogen-bond donors (Lipinski definition) is 0. The van der Waals surface area contributed by atoms with E-state index in [1.54, 1.807) is 0 Å². The maximum absolute atomic E-state index is 8.95. The van der Waals surface area contributed by atoms with E-state index < -0.39 is 0 Å². The summed E-state index contributed by atoms with van der Waals surface area (Å²) in [4.78, 5) is 2.30. The number of nitrogens with zero attached hydrogens (tertiary/aromatic N) is 5. The Hall–Kier alpha value is -1.23. The molecule has 7 heteroatoms. The van der Waals surface area contributed by atoms with Gasteiger partial charge in [0.2, 0.25) is 0 Å². The average molecular weight is 350 g/mol. The Morgan fingerprint density at radius 1 is 1.42 bits per heavy atom. The molecule has 1 saturated heterocycles. The van der Waals surface area contributed by atoms with Crippen molar-refractivity contribution >= 4 is 12.2 Å². The summed E-state index contributed by atoms with van der Waals surface area (Å²) in [7, 11) is 0. The molecule has 2 fully saturated rings. The minimum absolute atomic E-state index is 0.365. The van der Waals surface area contributed by atoms with Gasteiger partial charge in [-0.3, -0.25) is 4.90 Å².